The van der Waals surface area contributed by atoms with Gasteiger partial charge in [-0.25, -0.2) is 9.98 Å². The molecule has 36 heavy (non-hydrogen) atoms. The third-order valence-electron chi connectivity index (χ3n) is 7.07. The normalized spacial score (nSPS) is 14.2. The molecule has 0 aliphatic carbocycles. The Morgan fingerprint density at radius 1 is 0.472 bits per heavy atom. The molecule has 7 rings (SSSR count). The van der Waals surface area contributed by atoms with Crippen molar-refractivity contribution < 1.29 is 0 Å². The molecule has 0 spiro atoms. The van der Waals surface area contributed by atoms with E-state index in [9.17, 15) is 0 Å². The quantitative estimate of drug-likeness (QED) is 0.261. The maximum atomic E-state index is 8.20. The highest BCUT2D eigenvalue weighted by atomic mass is 14.9. The van der Waals surface area contributed by atoms with Crippen LogP contribution in [0.25, 0.3) is 43.8 Å². The topological polar surface area (TPSA) is 124 Å². The van der Waals surface area contributed by atoms with Crippen LogP contribution in [0.1, 0.15) is 22.3 Å². The minimum atomic E-state index is 0.199. The van der Waals surface area contributed by atoms with Crippen molar-refractivity contribution in [1.29, 1.82) is 10.8 Å². The highest BCUT2D eigenvalue weighted by Crippen LogP contribution is 2.37. The van der Waals surface area contributed by atoms with Crippen molar-refractivity contribution in [1.82, 2.24) is 0 Å². The van der Waals surface area contributed by atoms with E-state index in [1.165, 1.54) is 0 Å². The van der Waals surface area contributed by atoms with Gasteiger partial charge < -0.3 is 11.5 Å². The summed E-state index contributed by atoms with van der Waals surface area (Å²) >= 11 is 0. The first-order chi connectivity index (χ1) is 17.5. The van der Waals surface area contributed by atoms with E-state index >= 15 is 0 Å². The molecule has 170 valence electrons. The zero-order valence-electron chi connectivity index (χ0n) is 19.1. The molecule has 5 aromatic rings. The summed E-state index contributed by atoms with van der Waals surface area (Å²) in [6, 6.07) is 29.0. The van der Waals surface area contributed by atoms with Crippen LogP contribution in [0.3, 0.4) is 0 Å². The zero-order chi connectivity index (χ0) is 24.6. The third kappa shape index (κ3) is 2.85. The molecule has 0 saturated heterocycles. The third-order valence-corrected chi connectivity index (χ3v) is 7.07. The number of rotatable bonds is 2. The van der Waals surface area contributed by atoms with E-state index in [1.807, 2.05) is 36.4 Å². The average Bonchev–Trinajstić information content (AvgIpc) is 3.34. The highest BCUT2D eigenvalue weighted by Gasteiger charge is 2.21. The fourth-order valence-corrected chi connectivity index (χ4v) is 5.30. The Bertz CT molecular complexity index is 1890. The minimum Gasteiger partial charge on any atom is -0.383 e. The van der Waals surface area contributed by atoms with E-state index in [2.05, 4.69) is 58.5 Å². The number of amidine groups is 4. The molecule has 0 aromatic heterocycles. The second-order valence-electron chi connectivity index (χ2n) is 9.12. The first kappa shape index (κ1) is 20.3. The van der Waals surface area contributed by atoms with Gasteiger partial charge in [-0.05, 0) is 80.2 Å². The number of nitrogens with zero attached hydrogens (tertiary/aromatic N) is 2. The standard InChI is InChI=1S/C30H20N6/c31-27-21-9-7-17(12-25(21)29(33)35-27)19-5-1-3-15-11-16-4-2-6-20(24(16)14-23(15)19)18-8-10-22-26(13-18)30(34)36-28(22)32/h1-14H,(H3,31,33,35)(H3,32,34,36). The molecule has 0 atom stereocenters. The van der Waals surface area contributed by atoms with Gasteiger partial charge in [-0.3, -0.25) is 10.8 Å². The lowest BCUT2D eigenvalue weighted by molar-refractivity contribution is 1.44. The molecule has 2 aliphatic heterocycles. The Kier molecular flexibility index (Phi) is 4.06. The lowest BCUT2D eigenvalue weighted by atomic mass is 9.90. The van der Waals surface area contributed by atoms with Crippen LogP contribution in [-0.2, 0) is 0 Å². The largest absolute Gasteiger partial charge is 0.383 e. The number of nitrogens with two attached hydrogens (primary N) is 2. The van der Waals surface area contributed by atoms with Crippen LogP contribution in [0.15, 0.2) is 94.9 Å². The van der Waals surface area contributed by atoms with Gasteiger partial charge in [0.05, 0.1) is 0 Å². The lowest BCUT2D eigenvalue weighted by Crippen LogP contribution is -2.10. The molecule has 6 N–H and O–H groups in total. The van der Waals surface area contributed by atoms with Crippen molar-refractivity contribution in [2.45, 2.75) is 0 Å². The molecule has 0 unspecified atom stereocenters. The Balaban J connectivity index is 1.44. The first-order valence-electron chi connectivity index (χ1n) is 11.6. The smallest absolute Gasteiger partial charge is 0.154 e. The van der Waals surface area contributed by atoms with Crippen LogP contribution in [0.5, 0.6) is 0 Å². The Morgan fingerprint density at radius 2 is 1.00 bits per heavy atom. The molecule has 0 bridgehead atoms. The number of aliphatic imine (C=N–C) groups is 2. The highest BCUT2D eigenvalue weighted by molar-refractivity contribution is 6.22. The molecule has 0 fully saturated rings. The summed E-state index contributed by atoms with van der Waals surface area (Å²) in [7, 11) is 0. The van der Waals surface area contributed by atoms with Crippen molar-refractivity contribution in [3.8, 4) is 22.3 Å². The Labute approximate surface area is 206 Å². The molecule has 6 nitrogen and oxygen atoms in total. The van der Waals surface area contributed by atoms with Crippen LogP contribution in [0.2, 0.25) is 0 Å². The molecule has 6 heteroatoms. The summed E-state index contributed by atoms with van der Waals surface area (Å²) in [6.07, 6.45) is 0. The van der Waals surface area contributed by atoms with E-state index < -0.39 is 0 Å². The average molecular weight is 465 g/mol. The van der Waals surface area contributed by atoms with Crippen molar-refractivity contribution in [2.24, 2.45) is 21.5 Å². The Hall–Kier alpha value is -5.10. The minimum absolute atomic E-state index is 0.199. The van der Waals surface area contributed by atoms with Gasteiger partial charge in [-0.15, -0.1) is 0 Å². The first-order valence-corrected chi connectivity index (χ1v) is 11.6. The second-order valence-corrected chi connectivity index (χ2v) is 9.12. The van der Waals surface area contributed by atoms with Crippen LogP contribution in [-0.4, -0.2) is 23.3 Å². The van der Waals surface area contributed by atoms with Crippen LogP contribution in [0.4, 0.5) is 0 Å². The summed E-state index contributed by atoms with van der Waals surface area (Å²) in [5.41, 5.74) is 19.4. The van der Waals surface area contributed by atoms with Crippen molar-refractivity contribution in [2.75, 3.05) is 0 Å². The molecular weight excluding hydrogens is 444 g/mol. The van der Waals surface area contributed by atoms with Crippen LogP contribution >= 0.6 is 0 Å². The fourth-order valence-electron chi connectivity index (χ4n) is 5.30. The maximum Gasteiger partial charge on any atom is 0.154 e. The van der Waals surface area contributed by atoms with E-state index in [0.29, 0.717) is 11.7 Å². The van der Waals surface area contributed by atoms with E-state index in [1.54, 1.807) is 0 Å². The summed E-state index contributed by atoms with van der Waals surface area (Å²) in [5.74, 6) is 1.18. The van der Waals surface area contributed by atoms with Crippen LogP contribution in [0, 0.1) is 10.8 Å². The molecule has 0 radical (unpaired) electrons. The summed E-state index contributed by atoms with van der Waals surface area (Å²) in [6.45, 7) is 0. The molecule has 2 aliphatic rings. The van der Waals surface area contributed by atoms with Gasteiger partial charge in [0.15, 0.2) is 11.7 Å². The maximum absolute atomic E-state index is 8.20. The van der Waals surface area contributed by atoms with E-state index in [0.717, 1.165) is 66.1 Å². The second kappa shape index (κ2) is 7.20. The molecule has 2 heterocycles. The van der Waals surface area contributed by atoms with Gasteiger partial charge in [0, 0.05) is 22.3 Å². The molecule has 0 saturated carbocycles. The van der Waals surface area contributed by atoms with Crippen molar-refractivity contribution in [3.63, 3.8) is 0 Å². The SMILES string of the molecule is N=C1N=C(N)c2ccc(-c3cccc4cc5cccc(-c6ccc7c(c6)C(N)=NC7=N)c5cc34)cc21. The zero-order valence-corrected chi connectivity index (χ0v) is 19.1. The summed E-state index contributed by atoms with van der Waals surface area (Å²) < 4.78 is 0. The van der Waals surface area contributed by atoms with Crippen LogP contribution < -0.4 is 11.5 Å². The van der Waals surface area contributed by atoms with Crippen molar-refractivity contribution >= 4 is 44.9 Å². The van der Waals surface area contributed by atoms with Crippen molar-refractivity contribution in [3.05, 3.63) is 107 Å². The van der Waals surface area contributed by atoms with Gasteiger partial charge in [-0.1, -0.05) is 48.5 Å². The number of hydrogen-bond donors (Lipinski definition) is 4. The molecular formula is C30H20N6. The monoisotopic (exact) mass is 464 g/mol. The van der Waals surface area contributed by atoms with E-state index in [-0.39, 0.29) is 11.7 Å². The Morgan fingerprint density at radius 3 is 1.64 bits per heavy atom. The van der Waals surface area contributed by atoms with E-state index in [4.69, 9.17) is 22.3 Å². The molecule has 0 amide bonds. The number of hydrogen-bond acceptors (Lipinski definition) is 4. The van der Waals surface area contributed by atoms with Gasteiger partial charge in [0.2, 0.25) is 0 Å². The predicted octanol–water partition coefficient (Wildman–Crippen LogP) is 5.42. The number of nitrogens with one attached hydrogen (secondary N) is 2. The van der Waals surface area contributed by atoms with Gasteiger partial charge in [0.25, 0.3) is 0 Å². The summed E-state index contributed by atoms with van der Waals surface area (Å²) in [5, 5.41) is 20.8. The number of fused-ring (bicyclic) bond motifs is 4. The van der Waals surface area contributed by atoms with Gasteiger partial charge in [0.1, 0.15) is 11.7 Å². The van der Waals surface area contributed by atoms with Gasteiger partial charge in [-0.2, -0.15) is 0 Å². The molecule has 5 aromatic carbocycles. The number of benzene rings is 5. The van der Waals surface area contributed by atoms with Gasteiger partial charge >= 0.3 is 0 Å². The lowest BCUT2D eigenvalue weighted by Gasteiger charge is -2.13. The predicted molar refractivity (Wildman–Crippen MR) is 147 cm³/mol. The fraction of sp³-hybridized carbons (Fsp3) is 0. The summed E-state index contributed by atoms with van der Waals surface area (Å²) in [4.78, 5) is 8.24.